The number of nitrogens with zero attached hydrogens (tertiary/aromatic N) is 2. The van der Waals surface area contributed by atoms with Crippen molar-refractivity contribution >= 4 is 22.4 Å². The predicted octanol–water partition coefficient (Wildman–Crippen LogP) is 3.26. The molecule has 0 bridgehead atoms. The molecule has 1 fully saturated rings. The molecule has 0 saturated heterocycles. The molecule has 112 valence electrons. The third-order valence-electron chi connectivity index (χ3n) is 3.93. The zero-order valence-corrected chi connectivity index (χ0v) is 13.4. The molecule has 0 N–H and O–H groups in total. The molecule has 2 unspecified atom stereocenters. The lowest BCUT2D eigenvalue weighted by Gasteiger charge is -2.33. The molecule has 4 nitrogen and oxygen atoms in total. The summed E-state index contributed by atoms with van der Waals surface area (Å²) in [5.74, 6) is 0.605. The summed E-state index contributed by atoms with van der Waals surface area (Å²) >= 11 is 1.62. The van der Waals surface area contributed by atoms with Crippen molar-refractivity contribution in [2.75, 3.05) is 18.6 Å². The van der Waals surface area contributed by atoms with Crippen LogP contribution in [-0.4, -0.2) is 30.6 Å². The van der Waals surface area contributed by atoms with Crippen LogP contribution in [0.4, 0.5) is 5.13 Å². The highest BCUT2D eigenvalue weighted by Gasteiger charge is 2.24. The molecule has 2 rings (SSSR count). The largest absolute Gasteiger partial charge is 0.466 e. The van der Waals surface area contributed by atoms with E-state index in [9.17, 15) is 4.79 Å². The summed E-state index contributed by atoms with van der Waals surface area (Å²) in [6.45, 7) is 4.58. The Bertz CT molecular complexity index is 447. The van der Waals surface area contributed by atoms with E-state index in [-0.39, 0.29) is 12.4 Å². The third kappa shape index (κ3) is 3.95. The number of carbonyl (C=O) groups is 1. The van der Waals surface area contributed by atoms with Gasteiger partial charge in [-0.3, -0.25) is 4.79 Å². The molecule has 1 saturated carbocycles. The first-order valence-electron chi connectivity index (χ1n) is 7.43. The summed E-state index contributed by atoms with van der Waals surface area (Å²) in [6.07, 6.45) is 5.41. The lowest BCUT2D eigenvalue weighted by molar-refractivity contribution is -0.142. The molecule has 1 aromatic heterocycles. The molecular formula is C15H24N2O2S. The van der Waals surface area contributed by atoms with E-state index >= 15 is 0 Å². The van der Waals surface area contributed by atoms with Crippen molar-refractivity contribution in [3.8, 4) is 0 Å². The topological polar surface area (TPSA) is 42.4 Å². The quantitative estimate of drug-likeness (QED) is 0.782. The number of esters is 1. The van der Waals surface area contributed by atoms with E-state index in [2.05, 4.69) is 23.9 Å². The smallest absolute Gasteiger partial charge is 0.311 e. The predicted molar refractivity (Wildman–Crippen MR) is 82.3 cm³/mol. The van der Waals surface area contributed by atoms with Crippen LogP contribution in [0.2, 0.25) is 0 Å². The second kappa shape index (κ2) is 7.07. The maximum Gasteiger partial charge on any atom is 0.311 e. The van der Waals surface area contributed by atoms with Gasteiger partial charge in [0.05, 0.1) is 18.7 Å². The Labute approximate surface area is 125 Å². The number of aromatic nitrogens is 1. The Hall–Kier alpha value is -1.10. The second-order valence-corrected chi connectivity index (χ2v) is 6.48. The van der Waals surface area contributed by atoms with Crippen LogP contribution in [0.3, 0.4) is 0 Å². The van der Waals surface area contributed by atoms with Crippen LogP contribution in [0.1, 0.15) is 45.2 Å². The standard InChI is InChI=1S/C15H24N2O2S/c1-4-19-14(18)9-12-10-20-15(16-12)17(3)13-7-5-6-11(2)8-13/h10-11,13H,4-9H2,1-3H3. The van der Waals surface area contributed by atoms with Gasteiger partial charge in [0.2, 0.25) is 0 Å². The lowest BCUT2D eigenvalue weighted by atomic mass is 9.86. The molecule has 2 atom stereocenters. The van der Waals surface area contributed by atoms with Gasteiger partial charge in [-0.05, 0) is 25.7 Å². The Balaban J connectivity index is 1.95. The SMILES string of the molecule is CCOC(=O)Cc1csc(N(C)C2CCCC(C)C2)n1. The first-order chi connectivity index (χ1) is 9.60. The van der Waals surface area contributed by atoms with E-state index in [0.29, 0.717) is 12.6 Å². The van der Waals surface area contributed by atoms with Crippen molar-refractivity contribution in [1.29, 1.82) is 0 Å². The Morgan fingerprint density at radius 3 is 3.05 bits per heavy atom. The minimum Gasteiger partial charge on any atom is -0.466 e. The van der Waals surface area contributed by atoms with Gasteiger partial charge in [-0.25, -0.2) is 4.98 Å². The van der Waals surface area contributed by atoms with Gasteiger partial charge >= 0.3 is 5.97 Å². The number of rotatable bonds is 5. The zero-order valence-electron chi connectivity index (χ0n) is 12.6. The highest BCUT2D eigenvalue weighted by atomic mass is 32.1. The monoisotopic (exact) mass is 296 g/mol. The van der Waals surface area contributed by atoms with Gasteiger partial charge in [0.25, 0.3) is 0 Å². The van der Waals surface area contributed by atoms with Crippen LogP contribution in [0, 0.1) is 5.92 Å². The van der Waals surface area contributed by atoms with E-state index < -0.39 is 0 Å². The van der Waals surface area contributed by atoms with Gasteiger partial charge in [-0.15, -0.1) is 11.3 Å². The van der Waals surface area contributed by atoms with Crippen molar-refractivity contribution < 1.29 is 9.53 Å². The minimum atomic E-state index is -0.196. The molecular weight excluding hydrogens is 272 g/mol. The van der Waals surface area contributed by atoms with Crippen molar-refractivity contribution in [3.05, 3.63) is 11.1 Å². The van der Waals surface area contributed by atoms with Crippen LogP contribution < -0.4 is 4.90 Å². The van der Waals surface area contributed by atoms with Crippen LogP contribution in [-0.2, 0) is 16.0 Å². The van der Waals surface area contributed by atoms with E-state index in [1.54, 1.807) is 11.3 Å². The fourth-order valence-electron chi connectivity index (χ4n) is 2.81. The van der Waals surface area contributed by atoms with E-state index in [4.69, 9.17) is 4.74 Å². The molecule has 0 radical (unpaired) electrons. The normalized spacial score (nSPS) is 22.6. The van der Waals surface area contributed by atoms with Crippen LogP contribution >= 0.6 is 11.3 Å². The molecule has 0 aromatic carbocycles. The fourth-order valence-corrected chi connectivity index (χ4v) is 3.67. The summed E-state index contributed by atoms with van der Waals surface area (Å²) in [4.78, 5) is 18.3. The number of hydrogen-bond acceptors (Lipinski definition) is 5. The van der Waals surface area contributed by atoms with E-state index in [0.717, 1.165) is 16.7 Å². The fraction of sp³-hybridized carbons (Fsp3) is 0.733. The van der Waals surface area contributed by atoms with E-state index in [1.807, 2.05) is 12.3 Å². The third-order valence-corrected chi connectivity index (χ3v) is 4.91. The summed E-state index contributed by atoms with van der Waals surface area (Å²) in [6, 6.07) is 0.584. The van der Waals surface area contributed by atoms with Gasteiger partial charge in [-0.2, -0.15) is 0 Å². The van der Waals surface area contributed by atoms with Crippen LogP contribution in [0.25, 0.3) is 0 Å². The van der Waals surface area contributed by atoms with Crippen molar-refractivity contribution in [2.24, 2.45) is 5.92 Å². The van der Waals surface area contributed by atoms with Crippen molar-refractivity contribution in [1.82, 2.24) is 4.98 Å². The highest BCUT2D eigenvalue weighted by molar-refractivity contribution is 7.13. The number of hydrogen-bond donors (Lipinski definition) is 0. The zero-order chi connectivity index (χ0) is 14.5. The van der Waals surface area contributed by atoms with Crippen molar-refractivity contribution in [2.45, 2.75) is 52.0 Å². The molecule has 0 aliphatic heterocycles. The summed E-state index contributed by atoms with van der Waals surface area (Å²) in [7, 11) is 2.12. The Morgan fingerprint density at radius 2 is 2.35 bits per heavy atom. The molecule has 1 aliphatic carbocycles. The molecule has 5 heteroatoms. The highest BCUT2D eigenvalue weighted by Crippen LogP contribution is 2.31. The minimum absolute atomic E-state index is 0.196. The van der Waals surface area contributed by atoms with Crippen LogP contribution in [0.15, 0.2) is 5.38 Å². The Morgan fingerprint density at radius 1 is 1.55 bits per heavy atom. The summed E-state index contributed by atoms with van der Waals surface area (Å²) < 4.78 is 4.96. The van der Waals surface area contributed by atoms with Gasteiger partial charge in [-0.1, -0.05) is 19.8 Å². The molecule has 1 aliphatic rings. The van der Waals surface area contributed by atoms with E-state index in [1.165, 1.54) is 25.7 Å². The maximum atomic E-state index is 11.5. The first-order valence-corrected chi connectivity index (χ1v) is 8.31. The summed E-state index contributed by atoms with van der Waals surface area (Å²) in [5.41, 5.74) is 0.819. The van der Waals surface area contributed by atoms with Gasteiger partial charge in [0.15, 0.2) is 5.13 Å². The number of ether oxygens (including phenoxy) is 1. The molecule has 20 heavy (non-hydrogen) atoms. The number of thiazole rings is 1. The average Bonchev–Trinajstić information content (AvgIpc) is 2.86. The summed E-state index contributed by atoms with van der Waals surface area (Å²) in [5, 5.41) is 2.98. The average molecular weight is 296 g/mol. The Kier molecular flexibility index (Phi) is 5.40. The lowest BCUT2D eigenvalue weighted by Crippen LogP contribution is -2.35. The van der Waals surface area contributed by atoms with Gasteiger partial charge in [0, 0.05) is 18.5 Å². The van der Waals surface area contributed by atoms with Crippen molar-refractivity contribution in [3.63, 3.8) is 0 Å². The molecule has 1 heterocycles. The second-order valence-electron chi connectivity index (χ2n) is 5.64. The molecule has 0 spiro atoms. The maximum absolute atomic E-state index is 11.5. The molecule has 1 aromatic rings. The number of carbonyl (C=O) groups excluding carboxylic acids is 1. The van der Waals surface area contributed by atoms with Gasteiger partial charge < -0.3 is 9.64 Å². The molecule has 0 amide bonds. The first kappa shape index (κ1) is 15.3. The van der Waals surface area contributed by atoms with Gasteiger partial charge in [0.1, 0.15) is 0 Å². The number of anilines is 1. The van der Waals surface area contributed by atoms with Crippen LogP contribution in [0.5, 0.6) is 0 Å².